The SMILES string of the molecule is CCOC[C@H]1CN(c2nc3ccc(C(F)(F)F)cc3s2)CCN1CCOc1cc(CC(=O)O)ccc1Cl. The number of alkyl halides is 3. The summed E-state index contributed by atoms with van der Waals surface area (Å²) in [5, 5.41) is 10.1. The minimum Gasteiger partial charge on any atom is -0.491 e. The van der Waals surface area contributed by atoms with Crippen molar-refractivity contribution in [3.63, 3.8) is 0 Å². The Morgan fingerprint density at radius 3 is 2.78 bits per heavy atom. The Bertz CT molecular complexity index is 1240. The number of carboxylic acid groups (broad SMARTS) is 1. The number of carboxylic acids is 1. The fraction of sp³-hybridized carbons (Fsp3) is 0.440. The second-order valence-electron chi connectivity index (χ2n) is 8.66. The number of carbonyl (C=O) groups is 1. The molecule has 0 spiro atoms. The fourth-order valence-electron chi connectivity index (χ4n) is 4.21. The highest BCUT2D eigenvalue weighted by molar-refractivity contribution is 7.22. The van der Waals surface area contributed by atoms with E-state index in [9.17, 15) is 18.0 Å². The van der Waals surface area contributed by atoms with Crippen molar-refractivity contribution in [1.29, 1.82) is 0 Å². The number of piperazine rings is 1. The Hall–Kier alpha value is -2.60. The van der Waals surface area contributed by atoms with Crippen LogP contribution >= 0.6 is 22.9 Å². The third kappa shape index (κ3) is 7.04. The van der Waals surface area contributed by atoms with E-state index in [1.807, 2.05) is 6.92 Å². The van der Waals surface area contributed by atoms with Gasteiger partial charge in [-0.15, -0.1) is 0 Å². The number of nitrogens with zero attached hydrogens (tertiary/aromatic N) is 3. The number of anilines is 1. The zero-order chi connectivity index (χ0) is 26.6. The maximum absolute atomic E-state index is 13.1. The molecule has 0 radical (unpaired) electrons. The van der Waals surface area contributed by atoms with Gasteiger partial charge in [0.05, 0.1) is 39.9 Å². The predicted molar refractivity (Wildman–Crippen MR) is 137 cm³/mol. The summed E-state index contributed by atoms with van der Waals surface area (Å²) in [6, 6.07) is 8.59. The van der Waals surface area contributed by atoms with Gasteiger partial charge in [-0.3, -0.25) is 9.69 Å². The van der Waals surface area contributed by atoms with Crippen LogP contribution in [0.2, 0.25) is 5.02 Å². The number of aromatic nitrogens is 1. The number of benzene rings is 2. The van der Waals surface area contributed by atoms with E-state index in [1.54, 1.807) is 18.2 Å². The lowest BCUT2D eigenvalue weighted by Crippen LogP contribution is -2.56. The van der Waals surface area contributed by atoms with Gasteiger partial charge in [-0.2, -0.15) is 13.2 Å². The normalized spacial score (nSPS) is 16.9. The van der Waals surface area contributed by atoms with Gasteiger partial charge >= 0.3 is 12.1 Å². The summed E-state index contributed by atoms with van der Waals surface area (Å²) in [5.41, 5.74) is 0.475. The van der Waals surface area contributed by atoms with Gasteiger partial charge in [0.25, 0.3) is 0 Å². The molecule has 200 valence electrons. The number of halogens is 4. The van der Waals surface area contributed by atoms with Gasteiger partial charge < -0.3 is 19.5 Å². The van der Waals surface area contributed by atoms with Gasteiger partial charge in [-0.25, -0.2) is 4.98 Å². The topological polar surface area (TPSA) is 75.1 Å². The first kappa shape index (κ1) is 27.4. The number of aliphatic carboxylic acids is 1. The average molecular weight is 558 g/mol. The fourth-order valence-corrected chi connectivity index (χ4v) is 5.42. The Balaban J connectivity index is 1.41. The highest BCUT2D eigenvalue weighted by atomic mass is 35.5. The number of hydrogen-bond acceptors (Lipinski definition) is 7. The van der Waals surface area contributed by atoms with Crippen molar-refractivity contribution in [2.24, 2.45) is 0 Å². The van der Waals surface area contributed by atoms with Crippen molar-refractivity contribution in [2.75, 3.05) is 50.9 Å². The first-order valence-corrected chi connectivity index (χ1v) is 13.0. The van der Waals surface area contributed by atoms with E-state index in [0.29, 0.717) is 77.7 Å². The quantitative estimate of drug-likeness (QED) is 0.367. The van der Waals surface area contributed by atoms with E-state index in [1.165, 1.54) is 17.4 Å². The lowest BCUT2D eigenvalue weighted by Gasteiger charge is -2.41. The number of fused-ring (bicyclic) bond motifs is 1. The molecule has 4 rings (SSSR count). The zero-order valence-corrected chi connectivity index (χ0v) is 21.7. The molecule has 0 aliphatic carbocycles. The summed E-state index contributed by atoms with van der Waals surface area (Å²) in [6.45, 7) is 5.88. The van der Waals surface area contributed by atoms with Crippen molar-refractivity contribution < 1.29 is 32.5 Å². The molecule has 1 N–H and O–H groups in total. The molecule has 2 heterocycles. The Morgan fingerprint density at radius 2 is 2.05 bits per heavy atom. The highest BCUT2D eigenvalue weighted by Gasteiger charge is 2.32. The van der Waals surface area contributed by atoms with Crippen LogP contribution in [0.5, 0.6) is 5.75 Å². The monoisotopic (exact) mass is 557 g/mol. The molecule has 1 fully saturated rings. The molecule has 37 heavy (non-hydrogen) atoms. The van der Waals surface area contributed by atoms with Gasteiger partial charge in [0.15, 0.2) is 5.13 Å². The van der Waals surface area contributed by atoms with Gasteiger partial charge in [0.1, 0.15) is 12.4 Å². The van der Waals surface area contributed by atoms with Crippen molar-refractivity contribution in [3.8, 4) is 5.75 Å². The molecule has 1 aliphatic heterocycles. The molecular formula is C25H27ClF3N3O4S. The van der Waals surface area contributed by atoms with Gasteiger partial charge in [0, 0.05) is 32.8 Å². The van der Waals surface area contributed by atoms with Crippen LogP contribution in [0.15, 0.2) is 36.4 Å². The number of thiazole rings is 1. The van der Waals surface area contributed by atoms with Crippen LogP contribution in [-0.2, 0) is 22.1 Å². The maximum atomic E-state index is 13.1. The summed E-state index contributed by atoms with van der Waals surface area (Å²) in [4.78, 5) is 19.9. The lowest BCUT2D eigenvalue weighted by molar-refractivity contribution is -0.138. The van der Waals surface area contributed by atoms with E-state index >= 15 is 0 Å². The summed E-state index contributed by atoms with van der Waals surface area (Å²) >= 11 is 7.48. The predicted octanol–water partition coefficient (Wildman–Crippen LogP) is 5.20. The zero-order valence-electron chi connectivity index (χ0n) is 20.1. The lowest BCUT2D eigenvalue weighted by atomic mass is 10.1. The summed E-state index contributed by atoms with van der Waals surface area (Å²) < 4.78 is 51.4. The minimum atomic E-state index is -4.39. The third-order valence-electron chi connectivity index (χ3n) is 6.08. The van der Waals surface area contributed by atoms with E-state index < -0.39 is 17.7 Å². The molecule has 0 bridgehead atoms. The molecule has 2 aromatic carbocycles. The molecule has 1 atom stereocenters. The second-order valence-corrected chi connectivity index (χ2v) is 10.1. The maximum Gasteiger partial charge on any atom is 0.416 e. The van der Waals surface area contributed by atoms with Crippen LogP contribution < -0.4 is 9.64 Å². The van der Waals surface area contributed by atoms with Gasteiger partial charge in [0.2, 0.25) is 0 Å². The third-order valence-corrected chi connectivity index (χ3v) is 7.47. The molecule has 7 nitrogen and oxygen atoms in total. The first-order chi connectivity index (χ1) is 17.6. The second kappa shape index (κ2) is 11.8. The van der Waals surface area contributed by atoms with Gasteiger partial charge in [-0.05, 0) is 42.8 Å². The van der Waals surface area contributed by atoms with Crippen LogP contribution in [0.3, 0.4) is 0 Å². The highest BCUT2D eigenvalue weighted by Crippen LogP contribution is 2.36. The summed E-state index contributed by atoms with van der Waals surface area (Å²) in [7, 11) is 0. The van der Waals surface area contributed by atoms with Crippen LogP contribution in [0.1, 0.15) is 18.1 Å². The first-order valence-electron chi connectivity index (χ1n) is 11.8. The average Bonchev–Trinajstić information content (AvgIpc) is 3.28. The standard InChI is InChI=1S/C25H27ClF3N3O4S/c1-2-35-15-18-14-32(24-30-20-6-4-17(25(27,28)29)13-22(20)37-24)8-7-31(18)9-10-36-21-11-16(12-23(33)34)3-5-19(21)26/h3-6,11,13,18H,2,7-10,12,14-15H2,1H3,(H,33,34)/t18-/m1/s1. The van der Waals surface area contributed by atoms with Gasteiger partial charge in [-0.1, -0.05) is 29.0 Å². The van der Waals surface area contributed by atoms with Crippen LogP contribution in [-0.4, -0.2) is 73.0 Å². The van der Waals surface area contributed by atoms with Crippen molar-refractivity contribution in [2.45, 2.75) is 25.6 Å². The molecule has 1 aromatic heterocycles. The van der Waals surface area contributed by atoms with E-state index in [4.69, 9.17) is 26.2 Å². The van der Waals surface area contributed by atoms with Crippen molar-refractivity contribution in [1.82, 2.24) is 9.88 Å². The van der Waals surface area contributed by atoms with Crippen molar-refractivity contribution >= 4 is 44.3 Å². The molecule has 1 aliphatic rings. The van der Waals surface area contributed by atoms with Crippen LogP contribution in [0.25, 0.3) is 10.2 Å². The van der Waals surface area contributed by atoms with Crippen molar-refractivity contribution in [3.05, 3.63) is 52.5 Å². The van der Waals surface area contributed by atoms with E-state index in [0.717, 1.165) is 12.1 Å². The molecule has 3 aromatic rings. The Labute approximate surface area is 221 Å². The minimum absolute atomic E-state index is 0.0314. The largest absolute Gasteiger partial charge is 0.491 e. The van der Waals surface area contributed by atoms with E-state index in [-0.39, 0.29) is 12.5 Å². The Morgan fingerprint density at radius 1 is 1.24 bits per heavy atom. The van der Waals surface area contributed by atoms with E-state index in [2.05, 4.69) is 14.8 Å². The summed E-state index contributed by atoms with van der Waals surface area (Å²) in [6.07, 6.45) is -4.51. The molecule has 0 unspecified atom stereocenters. The molecular weight excluding hydrogens is 531 g/mol. The number of ether oxygens (including phenoxy) is 2. The molecule has 12 heteroatoms. The number of hydrogen-bond donors (Lipinski definition) is 1. The van der Waals surface area contributed by atoms with Crippen LogP contribution in [0, 0.1) is 0 Å². The molecule has 1 saturated heterocycles. The summed E-state index contributed by atoms with van der Waals surface area (Å²) in [5.74, 6) is -0.494. The number of rotatable bonds is 10. The smallest absolute Gasteiger partial charge is 0.416 e. The Kier molecular flexibility index (Phi) is 8.79. The molecule has 0 amide bonds. The molecule has 0 saturated carbocycles. The van der Waals surface area contributed by atoms with Crippen LogP contribution in [0.4, 0.5) is 18.3 Å².